The molecule has 2 saturated heterocycles. The van der Waals surface area contributed by atoms with Gasteiger partial charge in [-0.25, -0.2) is 4.79 Å². The highest BCUT2D eigenvalue weighted by molar-refractivity contribution is 7.98. The van der Waals surface area contributed by atoms with E-state index in [0.29, 0.717) is 6.04 Å². The van der Waals surface area contributed by atoms with E-state index >= 15 is 0 Å². The van der Waals surface area contributed by atoms with Gasteiger partial charge >= 0.3 is 6.03 Å². The standard InChI is InChI=1S/C19H29N3OS/c1-3-11-22-16-5-4-6-17(22)13-15(12-16)21-19(23)20-14-7-9-18(24-2)10-8-14/h7-10,15-17H,3-6,11-13H2,1-2H3,(H2,20,21,23)/p+1/t15?,16-,17+. The van der Waals surface area contributed by atoms with E-state index in [2.05, 4.69) is 23.8 Å². The number of piperidine rings is 2. The van der Waals surface area contributed by atoms with Crippen LogP contribution in [-0.4, -0.2) is 37.0 Å². The lowest BCUT2D eigenvalue weighted by Crippen LogP contribution is -3.21. The molecule has 2 aliphatic rings. The Bertz CT molecular complexity index is 534. The first-order valence-electron chi connectivity index (χ1n) is 9.26. The molecule has 3 rings (SSSR count). The van der Waals surface area contributed by atoms with Crippen molar-refractivity contribution < 1.29 is 9.69 Å². The molecule has 24 heavy (non-hydrogen) atoms. The number of anilines is 1. The molecule has 4 atom stereocenters. The third kappa shape index (κ3) is 4.25. The fourth-order valence-electron chi connectivity index (χ4n) is 4.48. The minimum atomic E-state index is -0.0612. The van der Waals surface area contributed by atoms with Crippen LogP contribution in [-0.2, 0) is 0 Å². The van der Waals surface area contributed by atoms with Gasteiger partial charge in [-0.3, -0.25) is 0 Å². The average Bonchev–Trinajstić information content (AvgIpc) is 2.56. The molecule has 2 heterocycles. The predicted octanol–water partition coefficient (Wildman–Crippen LogP) is 2.91. The molecule has 0 saturated carbocycles. The van der Waals surface area contributed by atoms with Gasteiger partial charge in [0.1, 0.15) is 0 Å². The summed E-state index contributed by atoms with van der Waals surface area (Å²) >= 11 is 1.71. The van der Waals surface area contributed by atoms with E-state index in [0.717, 1.165) is 30.6 Å². The van der Waals surface area contributed by atoms with Crippen molar-refractivity contribution in [3.63, 3.8) is 0 Å². The second kappa shape index (κ2) is 8.26. The Morgan fingerprint density at radius 2 is 1.88 bits per heavy atom. The van der Waals surface area contributed by atoms with Gasteiger partial charge in [-0.1, -0.05) is 6.92 Å². The van der Waals surface area contributed by atoms with Crippen molar-refractivity contribution in [3.05, 3.63) is 24.3 Å². The lowest BCUT2D eigenvalue weighted by atomic mass is 9.81. The van der Waals surface area contributed by atoms with Crippen LogP contribution in [0.2, 0.25) is 0 Å². The first-order chi connectivity index (χ1) is 11.7. The second-order valence-electron chi connectivity index (χ2n) is 7.14. The Labute approximate surface area is 149 Å². The molecule has 0 spiro atoms. The molecular weight excluding hydrogens is 318 g/mol. The summed E-state index contributed by atoms with van der Waals surface area (Å²) < 4.78 is 0. The number of thioether (sulfide) groups is 1. The maximum atomic E-state index is 12.3. The molecule has 1 aromatic carbocycles. The van der Waals surface area contributed by atoms with Gasteiger partial charge in [-0.15, -0.1) is 11.8 Å². The quantitative estimate of drug-likeness (QED) is 0.717. The van der Waals surface area contributed by atoms with Gasteiger partial charge < -0.3 is 15.5 Å². The number of urea groups is 1. The molecule has 4 nitrogen and oxygen atoms in total. The van der Waals surface area contributed by atoms with Gasteiger partial charge in [-0.05, 0) is 56.2 Å². The van der Waals surface area contributed by atoms with Crippen molar-refractivity contribution in [2.45, 2.75) is 68.5 Å². The summed E-state index contributed by atoms with van der Waals surface area (Å²) in [7, 11) is 0. The summed E-state index contributed by atoms with van der Waals surface area (Å²) in [4.78, 5) is 15.3. The van der Waals surface area contributed by atoms with Crippen molar-refractivity contribution in [3.8, 4) is 0 Å². The lowest BCUT2D eigenvalue weighted by Gasteiger charge is -2.45. The van der Waals surface area contributed by atoms with Crippen LogP contribution in [0.3, 0.4) is 0 Å². The molecule has 0 radical (unpaired) electrons. The maximum absolute atomic E-state index is 12.3. The van der Waals surface area contributed by atoms with E-state index in [1.807, 2.05) is 24.3 Å². The molecule has 2 fully saturated rings. The van der Waals surface area contributed by atoms with E-state index < -0.39 is 0 Å². The minimum Gasteiger partial charge on any atom is -0.335 e. The van der Waals surface area contributed by atoms with Crippen LogP contribution in [0.4, 0.5) is 10.5 Å². The summed E-state index contributed by atoms with van der Waals surface area (Å²) in [5.41, 5.74) is 0.861. The Morgan fingerprint density at radius 3 is 2.46 bits per heavy atom. The van der Waals surface area contributed by atoms with Crippen molar-refractivity contribution in [1.29, 1.82) is 0 Å². The zero-order valence-corrected chi connectivity index (χ0v) is 15.6. The largest absolute Gasteiger partial charge is 0.335 e. The van der Waals surface area contributed by atoms with Crippen LogP contribution in [0.5, 0.6) is 0 Å². The van der Waals surface area contributed by atoms with Gasteiger partial charge in [0.25, 0.3) is 0 Å². The first kappa shape index (κ1) is 17.6. The van der Waals surface area contributed by atoms with Crippen molar-refractivity contribution in [2.24, 2.45) is 0 Å². The van der Waals surface area contributed by atoms with Gasteiger partial charge in [0.15, 0.2) is 0 Å². The highest BCUT2D eigenvalue weighted by atomic mass is 32.2. The Balaban J connectivity index is 1.53. The number of carbonyl (C=O) groups is 1. The fraction of sp³-hybridized carbons (Fsp3) is 0.632. The van der Waals surface area contributed by atoms with Crippen molar-refractivity contribution >= 4 is 23.5 Å². The molecule has 1 aromatic rings. The molecule has 2 unspecified atom stereocenters. The molecule has 132 valence electrons. The number of hydrogen-bond donors (Lipinski definition) is 3. The Morgan fingerprint density at radius 1 is 1.21 bits per heavy atom. The summed E-state index contributed by atoms with van der Waals surface area (Å²) in [5, 5.41) is 6.20. The molecule has 3 N–H and O–H groups in total. The van der Waals surface area contributed by atoms with Crippen LogP contribution in [0.25, 0.3) is 0 Å². The van der Waals surface area contributed by atoms with Crippen molar-refractivity contribution in [1.82, 2.24) is 5.32 Å². The third-order valence-corrected chi connectivity index (χ3v) is 6.26. The monoisotopic (exact) mass is 348 g/mol. The smallest absolute Gasteiger partial charge is 0.319 e. The number of carbonyl (C=O) groups excluding carboxylic acids is 1. The van der Waals surface area contributed by atoms with Gasteiger partial charge in [0, 0.05) is 29.5 Å². The van der Waals surface area contributed by atoms with Crippen LogP contribution >= 0.6 is 11.8 Å². The molecule has 0 aliphatic carbocycles. The second-order valence-corrected chi connectivity index (χ2v) is 8.02. The molecule has 5 heteroatoms. The molecule has 2 bridgehead atoms. The molecule has 2 aliphatic heterocycles. The molecule has 2 amide bonds. The van der Waals surface area contributed by atoms with Crippen LogP contribution < -0.4 is 15.5 Å². The first-order valence-corrected chi connectivity index (χ1v) is 10.5. The maximum Gasteiger partial charge on any atom is 0.319 e. The van der Waals surface area contributed by atoms with E-state index in [1.54, 1.807) is 16.7 Å². The van der Waals surface area contributed by atoms with E-state index in [1.165, 1.54) is 37.1 Å². The van der Waals surface area contributed by atoms with Gasteiger partial charge in [-0.2, -0.15) is 0 Å². The zero-order valence-electron chi connectivity index (χ0n) is 14.8. The number of nitrogens with one attached hydrogen (secondary N) is 3. The number of rotatable bonds is 5. The van der Waals surface area contributed by atoms with Crippen LogP contribution in [0, 0.1) is 0 Å². The van der Waals surface area contributed by atoms with E-state index in [-0.39, 0.29) is 6.03 Å². The fourth-order valence-corrected chi connectivity index (χ4v) is 4.89. The number of benzene rings is 1. The molecule has 0 aromatic heterocycles. The van der Waals surface area contributed by atoms with Gasteiger partial charge in [0.05, 0.1) is 18.6 Å². The predicted molar refractivity (Wildman–Crippen MR) is 101 cm³/mol. The number of amides is 2. The number of hydrogen-bond acceptors (Lipinski definition) is 2. The third-order valence-electron chi connectivity index (χ3n) is 5.51. The van der Waals surface area contributed by atoms with E-state index in [4.69, 9.17) is 0 Å². The number of quaternary nitrogens is 1. The van der Waals surface area contributed by atoms with E-state index in [9.17, 15) is 4.79 Å². The average molecular weight is 349 g/mol. The van der Waals surface area contributed by atoms with Gasteiger partial charge in [0.2, 0.25) is 0 Å². The highest BCUT2D eigenvalue weighted by Gasteiger charge is 2.41. The highest BCUT2D eigenvalue weighted by Crippen LogP contribution is 2.22. The Kier molecular flexibility index (Phi) is 6.06. The normalized spacial score (nSPS) is 29.1. The topological polar surface area (TPSA) is 45.6 Å². The summed E-state index contributed by atoms with van der Waals surface area (Å²) in [5.74, 6) is 0. The summed E-state index contributed by atoms with van der Waals surface area (Å²) in [6.45, 7) is 3.57. The minimum absolute atomic E-state index is 0.0612. The van der Waals surface area contributed by atoms with Crippen LogP contribution in [0.15, 0.2) is 29.2 Å². The summed E-state index contributed by atoms with van der Waals surface area (Å²) in [6.07, 6.45) is 9.58. The Hall–Kier alpha value is -1.20. The van der Waals surface area contributed by atoms with Crippen molar-refractivity contribution in [2.75, 3.05) is 18.1 Å². The molecular formula is C19H30N3OS+. The number of fused-ring (bicyclic) bond motifs is 2. The lowest BCUT2D eigenvalue weighted by molar-refractivity contribution is -0.961. The SMILES string of the molecule is CCC[NH+]1[C@@H]2CCC[C@H]1CC(NC(=O)Nc1ccc(SC)cc1)C2. The summed E-state index contributed by atoms with van der Waals surface area (Å²) in [6, 6.07) is 9.75. The van der Waals surface area contributed by atoms with Crippen LogP contribution in [0.1, 0.15) is 45.4 Å². The zero-order chi connectivity index (χ0) is 16.9.